The number of rotatable bonds is 6. The molecule has 94 valence electrons. The molecule has 0 amide bonds. The Labute approximate surface area is 102 Å². The average molecular weight is 236 g/mol. The van der Waals surface area contributed by atoms with Gasteiger partial charge in [0.05, 0.1) is 0 Å². The van der Waals surface area contributed by atoms with Gasteiger partial charge in [-0.15, -0.1) is 0 Å². The lowest BCUT2D eigenvalue weighted by atomic mass is 10.1. The van der Waals surface area contributed by atoms with E-state index in [1.165, 1.54) is 16.7 Å². The van der Waals surface area contributed by atoms with Crippen molar-refractivity contribution < 1.29 is 9.90 Å². The lowest BCUT2D eigenvalue weighted by molar-refractivity contribution is -0.139. The summed E-state index contributed by atoms with van der Waals surface area (Å²) < 4.78 is 0. The molecular weight excluding hydrogens is 216 g/mol. The van der Waals surface area contributed by atoms with Crippen molar-refractivity contribution in [2.45, 2.75) is 26.4 Å². The number of nitrogens with one attached hydrogen (secondary N) is 2. The van der Waals surface area contributed by atoms with Crippen molar-refractivity contribution in [2.24, 2.45) is 0 Å². The molecule has 0 radical (unpaired) electrons. The van der Waals surface area contributed by atoms with Crippen LogP contribution in [0.2, 0.25) is 0 Å². The molecule has 0 heterocycles. The molecule has 0 aliphatic rings. The van der Waals surface area contributed by atoms with E-state index in [1.54, 1.807) is 7.05 Å². The van der Waals surface area contributed by atoms with Gasteiger partial charge in [0.25, 0.3) is 0 Å². The Morgan fingerprint density at radius 3 is 2.65 bits per heavy atom. The second kappa shape index (κ2) is 6.37. The van der Waals surface area contributed by atoms with Crippen LogP contribution in [0, 0.1) is 13.8 Å². The van der Waals surface area contributed by atoms with Crippen LogP contribution in [0.5, 0.6) is 0 Å². The van der Waals surface area contributed by atoms with Crippen molar-refractivity contribution in [1.29, 1.82) is 0 Å². The van der Waals surface area contributed by atoms with Crippen LogP contribution in [0.15, 0.2) is 18.2 Å². The highest BCUT2D eigenvalue weighted by Crippen LogP contribution is 2.09. The van der Waals surface area contributed by atoms with E-state index in [2.05, 4.69) is 42.7 Å². The number of carboxylic acid groups (broad SMARTS) is 1. The molecule has 4 nitrogen and oxygen atoms in total. The van der Waals surface area contributed by atoms with Gasteiger partial charge < -0.3 is 15.7 Å². The summed E-state index contributed by atoms with van der Waals surface area (Å²) in [5.74, 6) is -0.833. The Morgan fingerprint density at radius 2 is 2.12 bits per heavy atom. The van der Waals surface area contributed by atoms with E-state index in [9.17, 15) is 4.79 Å². The van der Waals surface area contributed by atoms with Gasteiger partial charge in [0.15, 0.2) is 0 Å². The van der Waals surface area contributed by atoms with E-state index in [0.29, 0.717) is 13.1 Å². The number of aryl methyl sites for hydroxylation is 2. The van der Waals surface area contributed by atoms with Gasteiger partial charge in [-0.2, -0.15) is 0 Å². The lowest BCUT2D eigenvalue weighted by Gasteiger charge is -2.13. The molecule has 4 heteroatoms. The number of benzene rings is 1. The summed E-state index contributed by atoms with van der Waals surface area (Å²) in [5.41, 5.74) is 3.68. The van der Waals surface area contributed by atoms with Gasteiger partial charge in [-0.1, -0.05) is 23.8 Å². The maximum Gasteiger partial charge on any atom is 0.322 e. The zero-order valence-electron chi connectivity index (χ0n) is 10.6. The van der Waals surface area contributed by atoms with Crippen molar-refractivity contribution in [3.8, 4) is 0 Å². The second-order valence-corrected chi connectivity index (χ2v) is 4.24. The van der Waals surface area contributed by atoms with Crippen LogP contribution in [-0.2, 0) is 11.3 Å². The highest BCUT2D eigenvalue weighted by atomic mass is 16.4. The maximum absolute atomic E-state index is 10.8. The number of hydrogen-bond donors (Lipinski definition) is 3. The largest absolute Gasteiger partial charge is 0.480 e. The fourth-order valence-electron chi connectivity index (χ4n) is 1.71. The van der Waals surface area contributed by atoms with Crippen molar-refractivity contribution in [1.82, 2.24) is 10.6 Å². The minimum atomic E-state index is -0.833. The predicted octanol–water partition coefficient (Wildman–Crippen LogP) is 1.07. The van der Waals surface area contributed by atoms with E-state index < -0.39 is 12.0 Å². The van der Waals surface area contributed by atoms with Crippen LogP contribution in [-0.4, -0.2) is 30.7 Å². The molecule has 1 aromatic carbocycles. The molecule has 17 heavy (non-hydrogen) atoms. The molecule has 0 saturated heterocycles. The van der Waals surface area contributed by atoms with Gasteiger partial charge in [0.2, 0.25) is 0 Å². The molecule has 1 atom stereocenters. The van der Waals surface area contributed by atoms with Crippen molar-refractivity contribution in [2.75, 3.05) is 13.6 Å². The highest BCUT2D eigenvalue weighted by molar-refractivity contribution is 5.73. The number of likely N-dealkylation sites (N-methyl/N-ethyl adjacent to an activating group) is 1. The summed E-state index contributed by atoms with van der Waals surface area (Å²) in [5, 5.41) is 14.8. The molecule has 0 saturated carbocycles. The second-order valence-electron chi connectivity index (χ2n) is 4.24. The standard InChI is InChI=1S/C13H20N2O2/c1-9-4-5-11(10(2)6-9)7-15-8-12(14-3)13(16)17/h4-6,12,14-15H,7-8H2,1-3H3,(H,16,17). The topological polar surface area (TPSA) is 61.4 Å². The van der Waals surface area contributed by atoms with Crippen molar-refractivity contribution in [3.63, 3.8) is 0 Å². The van der Waals surface area contributed by atoms with E-state index >= 15 is 0 Å². The molecule has 0 aliphatic heterocycles. The van der Waals surface area contributed by atoms with Gasteiger partial charge in [-0.3, -0.25) is 4.79 Å². The van der Waals surface area contributed by atoms with Gasteiger partial charge >= 0.3 is 5.97 Å². The summed E-state index contributed by atoms with van der Waals surface area (Å²) in [4.78, 5) is 10.8. The zero-order valence-corrected chi connectivity index (χ0v) is 10.6. The Kier molecular flexibility index (Phi) is 5.12. The first-order chi connectivity index (χ1) is 8.04. The third-order valence-corrected chi connectivity index (χ3v) is 2.81. The van der Waals surface area contributed by atoms with Crippen LogP contribution in [0.3, 0.4) is 0 Å². The number of carbonyl (C=O) groups is 1. The minimum Gasteiger partial charge on any atom is -0.480 e. The Balaban J connectivity index is 2.48. The summed E-state index contributed by atoms with van der Waals surface area (Å²) in [6.07, 6.45) is 0. The SMILES string of the molecule is CNC(CNCc1ccc(C)cc1C)C(=O)O. The van der Waals surface area contributed by atoms with E-state index in [-0.39, 0.29) is 0 Å². The lowest BCUT2D eigenvalue weighted by Crippen LogP contribution is -2.42. The fraction of sp³-hybridized carbons (Fsp3) is 0.462. The Morgan fingerprint density at radius 1 is 1.41 bits per heavy atom. The average Bonchev–Trinajstić information content (AvgIpc) is 2.26. The molecule has 0 fully saturated rings. The maximum atomic E-state index is 10.8. The quantitative estimate of drug-likeness (QED) is 0.691. The van der Waals surface area contributed by atoms with E-state index in [0.717, 1.165) is 0 Å². The molecule has 0 spiro atoms. The molecular formula is C13H20N2O2. The monoisotopic (exact) mass is 236 g/mol. The molecule has 1 aromatic rings. The number of carboxylic acids is 1. The molecule has 1 rings (SSSR count). The van der Waals surface area contributed by atoms with Gasteiger partial charge in [0.1, 0.15) is 6.04 Å². The first-order valence-electron chi connectivity index (χ1n) is 5.71. The van der Waals surface area contributed by atoms with Crippen LogP contribution in [0.25, 0.3) is 0 Å². The first kappa shape index (κ1) is 13.7. The minimum absolute atomic E-state index is 0.416. The smallest absolute Gasteiger partial charge is 0.322 e. The summed E-state index contributed by atoms with van der Waals surface area (Å²) >= 11 is 0. The molecule has 3 N–H and O–H groups in total. The normalized spacial score (nSPS) is 12.4. The van der Waals surface area contributed by atoms with E-state index in [1.807, 2.05) is 0 Å². The van der Waals surface area contributed by atoms with Crippen LogP contribution < -0.4 is 10.6 Å². The van der Waals surface area contributed by atoms with Gasteiger partial charge in [0, 0.05) is 13.1 Å². The van der Waals surface area contributed by atoms with Gasteiger partial charge in [-0.25, -0.2) is 0 Å². The zero-order chi connectivity index (χ0) is 12.8. The van der Waals surface area contributed by atoms with Crippen LogP contribution in [0.1, 0.15) is 16.7 Å². The number of hydrogen-bond acceptors (Lipinski definition) is 3. The summed E-state index contributed by atoms with van der Waals surface area (Å²) in [6.45, 7) is 5.24. The third-order valence-electron chi connectivity index (χ3n) is 2.81. The van der Waals surface area contributed by atoms with Gasteiger partial charge in [-0.05, 0) is 32.0 Å². The van der Waals surface area contributed by atoms with E-state index in [4.69, 9.17) is 5.11 Å². The molecule has 0 aliphatic carbocycles. The number of aliphatic carboxylic acids is 1. The predicted molar refractivity (Wildman–Crippen MR) is 68.1 cm³/mol. The Bertz CT molecular complexity index is 391. The molecule has 0 aromatic heterocycles. The fourth-order valence-corrected chi connectivity index (χ4v) is 1.71. The Hall–Kier alpha value is -1.39. The van der Waals surface area contributed by atoms with Crippen molar-refractivity contribution in [3.05, 3.63) is 34.9 Å². The summed E-state index contributed by atoms with van der Waals surface area (Å²) in [7, 11) is 1.65. The third kappa shape index (κ3) is 4.17. The van der Waals surface area contributed by atoms with Crippen LogP contribution >= 0.6 is 0 Å². The summed E-state index contributed by atoms with van der Waals surface area (Å²) in [6, 6.07) is 5.73. The highest BCUT2D eigenvalue weighted by Gasteiger charge is 2.13. The van der Waals surface area contributed by atoms with Crippen molar-refractivity contribution >= 4 is 5.97 Å². The first-order valence-corrected chi connectivity index (χ1v) is 5.71. The molecule has 1 unspecified atom stereocenters. The van der Waals surface area contributed by atoms with Crippen LogP contribution in [0.4, 0.5) is 0 Å². The molecule has 0 bridgehead atoms.